The molecule has 0 spiro atoms. The number of nitrogens with one attached hydrogen (secondary N) is 1. The van der Waals surface area contributed by atoms with E-state index in [0.29, 0.717) is 30.0 Å². The van der Waals surface area contributed by atoms with E-state index < -0.39 is 0 Å². The molecule has 0 heterocycles. The Bertz CT molecular complexity index is 582. The minimum atomic E-state index is -0.0503. The second-order valence-corrected chi connectivity index (χ2v) is 4.49. The molecule has 0 saturated heterocycles. The van der Waals surface area contributed by atoms with Crippen molar-refractivity contribution in [3.05, 3.63) is 54.1 Å². The predicted octanol–water partition coefficient (Wildman–Crippen LogP) is 2.85. The maximum absolute atomic E-state index is 11.9. The minimum Gasteiger partial charge on any atom is -0.497 e. The Morgan fingerprint density at radius 1 is 1.20 bits per heavy atom. The number of carbonyl (C=O) groups is 1. The number of anilines is 2. The summed E-state index contributed by atoms with van der Waals surface area (Å²) in [6.45, 7) is 0. The fourth-order valence-corrected chi connectivity index (χ4v) is 1.90. The molecule has 0 aliphatic carbocycles. The highest BCUT2D eigenvalue weighted by Crippen LogP contribution is 2.24. The lowest BCUT2D eigenvalue weighted by Gasteiger charge is -2.09. The average molecular weight is 270 g/mol. The van der Waals surface area contributed by atoms with E-state index in [1.807, 2.05) is 30.3 Å². The SMILES string of the molecule is COc1ccc(NC(=O)CCc2ccccc2)c(N)c1. The van der Waals surface area contributed by atoms with Gasteiger partial charge in [0.1, 0.15) is 5.75 Å². The number of rotatable bonds is 5. The minimum absolute atomic E-state index is 0.0503. The van der Waals surface area contributed by atoms with E-state index in [1.54, 1.807) is 25.3 Å². The second kappa shape index (κ2) is 6.61. The molecule has 2 aromatic carbocycles. The fourth-order valence-electron chi connectivity index (χ4n) is 1.90. The van der Waals surface area contributed by atoms with Crippen LogP contribution in [0.4, 0.5) is 11.4 Å². The quantitative estimate of drug-likeness (QED) is 0.821. The van der Waals surface area contributed by atoms with Crippen molar-refractivity contribution in [1.82, 2.24) is 0 Å². The van der Waals surface area contributed by atoms with Crippen molar-refractivity contribution in [3.63, 3.8) is 0 Å². The van der Waals surface area contributed by atoms with Crippen molar-refractivity contribution in [2.75, 3.05) is 18.2 Å². The van der Waals surface area contributed by atoms with Crippen LogP contribution >= 0.6 is 0 Å². The molecule has 0 bridgehead atoms. The second-order valence-electron chi connectivity index (χ2n) is 4.49. The number of amides is 1. The summed E-state index contributed by atoms with van der Waals surface area (Å²) in [6.07, 6.45) is 1.14. The Morgan fingerprint density at radius 2 is 1.95 bits per heavy atom. The molecule has 1 amide bonds. The van der Waals surface area contributed by atoms with E-state index >= 15 is 0 Å². The molecule has 0 fully saturated rings. The Hall–Kier alpha value is -2.49. The van der Waals surface area contributed by atoms with E-state index in [2.05, 4.69) is 5.32 Å². The molecule has 4 heteroatoms. The van der Waals surface area contributed by atoms with Gasteiger partial charge < -0.3 is 15.8 Å². The number of aryl methyl sites for hydroxylation is 1. The Kier molecular flexibility index (Phi) is 4.60. The van der Waals surface area contributed by atoms with Gasteiger partial charge in [0.05, 0.1) is 18.5 Å². The molecule has 2 aromatic rings. The highest BCUT2D eigenvalue weighted by molar-refractivity contribution is 5.94. The third-order valence-corrected chi connectivity index (χ3v) is 3.02. The summed E-state index contributed by atoms with van der Waals surface area (Å²) in [5.41, 5.74) is 8.11. The van der Waals surface area contributed by atoms with Gasteiger partial charge in [-0.15, -0.1) is 0 Å². The summed E-state index contributed by atoms with van der Waals surface area (Å²) in [5, 5.41) is 2.81. The summed E-state index contributed by atoms with van der Waals surface area (Å²) in [6, 6.07) is 15.1. The van der Waals surface area contributed by atoms with Gasteiger partial charge in [-0.25, -0.2) is 0 Å². The van der Waals surface area contributed by atoms with Gasteiger partial charge in [0.25, 0.3) is 0 Å². The number of ether oxygens (including phenoxy) is 1. The van der Waals surface area contributed by atoms with Crippen molar-refractivity contribution in [2.24, 2.45) is 0 Å². The largest absolute Gasteiger partial charge is 0.497 e. The fraction of sp³-hybridized carbons (Fsp3) is 0.188. The van der Waals surface area contributed by atoms with Gasteiger partial charge in [-0.05, 0) is 24.1 Å². The lowest BCUT2D eigenvalue weighted by Crippen LogP contribution is -2.13. The molecular weight excluding hydrogens is 252 g/mol. The molecule has 104 valence electrons. The lowest BCUT2D eigenvalue weighted by atomic mass is 10.1. The molecule has 0 radical (unpaired) electrons. The van der Waals surface area contributed by atoms with Crippen LogP contribution in [0.25, 0.3) is 0 Å². The van der Waals surface area contributed by atoms with Gasteiger partial charge in [0.2, 0.25) is 5.91 Å². The Labute approximate surface area is 118 Å². The van der Waals surface area contributed by atoms with Crippen molar-refractivity contribution in [1.29, 1.82) is 0 Å². The predicted molar refractivity (Wildman–Crippen MR) is 80.8 cm³/mol. The highest BCUT2D eigenvalue weighted by atomic mass is 16.5. The number of methoxy groups -OCH3 is 1. The molecule has 4 nitrogen and oxygen atoms in total. The number of carbonyl (C=O) groups excluding carboxylic acids is 1. The first-order valence-corrected chi connectivity index (χ1v) is 6.46. The van der Waals surface area contributed by atoms with Gasteiger partial charge in [0, 0.05) is 12.5 Å². The summed E-state index contributed by atoms with van der Waals surface area (Å²) in [4.78, 5) is 11.9. The Balaban J connectivity index is 1.91. The topological polar surface area (TPSA) is 64.3 Å². The third kappa shape index (κ3) is 3.75. The van der Waals surface area contributed by atoms with Gasteiger partial charge in [0.15, 0.2) is 0 Å². The summed E-state index contributed by atoms with van der Waals surface area (Å²) in [7, 11) is 1.58. The summed E-state index contributed by atoms with van der Waals surface area (Å²) >= 11 is 0. The van der Waals surface area contributed by atoms with E-state index in [0.717, 1.165) is 5.56 Å². The zero-order valence-electron chi connectivity index (χ0n) is 11.4. The van der Waals surface area contributed by atoms with Gasteiger partial charge >= 0.3 is 0 Å². The molecule has 0 aliphatic rings. The molecule has 0 saturated carbocycles. The van der Waals surface area contributed by atoms with Crippen LogP contribution in [0, 0.1) is 0 Å². The molecule has 0 unspecified atom stereocenters. The smallest absolute Gasteiger partial charge is 0.224 e. The van der Waals surface area contributed by atoms with Crippen LogP contribution < -0.4 is 15.8 Å². The maximum atomic E-state index is 11.9. The van der Waals surface area contributed by atoms with Crippen LogP contribution in [0.3, 0.4) is 0 Å². The van der Waals surface area contributed by atoms with Crippen LogP contribution in [0.1, 0.15) is 12.0 Å². The van der Waals surface area contributed by atoms with Crippen LogP contribution in [0.15, 0.2) is 48.5 Å². The van der Waals surface area contributed by atoms with Crippen molar-refractivity contribution in [2.45, 2.75) is 12.8 Å². The average Bonchev–Trinajstić information content (AvgIpc) is 2.48. The number of hydrogen-bond acceptors (Lipinski definition) is 3. The van der Waals surface area contributed by atoms with Crippen LogP contribution in [-0.2, 0) is 11.2 Å². The number of hydrogen-bond donors (Lipinski definition) is 2. The first-order chi connectivity index (χ1) is 9.69. The van der Waals surface area contributed by atoms with Crippen LogP contribution in [-0.4, -0.2) is 13.0 Å². The first kappa shape index (κ1) is 13.9. The van der Waals surface area contributed by atoms with E-state index in [1.165, 1.54) is 0 Å². The van der Waals surface area contributed by atoms with E-state index in [4.69, 9.17) is 10.5 Å². The maximum Gasteiger partial charge on any atom is 0.224 e. The van der Waals surface area contributed by atoms with Crippen molar-refractivity contribution >= 4 is 17.3 Å². The summed E-state index contributed by atoms with van der Waals surface area (Å²) in [5.74, 6) is 0.621. The standard InChI is InChI=1S/C16H18N2O2/c1-20-13-8-9-15(14(17)11-13)18-16(19)10-7-12-5-3-2-4-6-12/h2-6,8-9,11H,7,10,17H2,1H3,(H,18,19). The molecular formula is C16H18N2O2. The van der Waals surface area contributed by atoms with Crippen LogP contribution in [0.2, 0.25) is 0 Å². The molecule has 20 heavy (non-hydrogen) atoms. The monoisotopic (exact) mass is 270 g/mol. The van der Waals surface area contributed by atoms with Crippen molar-refractivity contribution < 1.29 is 9.53 Å². The third-order valence-electron chi connectivity index (χ3n) is 3.02. The first-order valence-electron chi connectivity index (χ1n) is 6.46. The number of nitrogens with two attached hydrogens (primary N) is 1. The molecule has 3 N–H and O–H groups in total. The van der Waals surface area contributed by atoms with E-state index in [9.17, 15) is 4.79 Å². The van der Waals surface area contributed by atoms with E-state index in [-0.39, 0.29) is 5.91 Å². The molecule has 0 aromatic heterocycles. The van der Waals surface area contributed by atoms with Gasteiger partial charge in [-0.1, -0.05) is 30.3 Å². The lowest BCUT2D eigenvalue weighted by molar-refractivity contribution is -0.116. The summed E-state index contributed by atoms with van der Waals surface area (Å²) < 4.78 is 5.07. The number of benzene rings is 2. The zero-order valence-corrected chi connectivity index (χ0v) is 11.4. The number of nitrogen functional groups attached to an aromatic ring is 1. The molecule has 0 aliphatic heterocycles. The molecule has 0 atom stereocenters. The van der Waals surface area contributed by atoms with Crippen LogP contribution in [0.5, 0.6) is 5.75 Å². The normalized spacial score (nSPS) is 10.1. The molecule has 2 rings (SSSR count). The van der Waals surface area contributed by atoms with Gasteiger partial charge in [-0.2, -0.15) is 0 Å². The zero-order chi connectivity index (χ0) is 14.4. The van der Waals surface area contributed by atoms with Gasteiger partial charge in [-0.3, -0.25) is 4.79 Å². The van der Waals surface area contributed by atoms with Crippen molar-refractivity contribution in [3.8, 4) is 5.75 Å². The highest BCUT2D eigenvalue weighted by Gasteiger charge is 2.06. The Morgan fingerprint density at radius 3 is 2.60 bits per heavy atom.